The van der Waals surface area contributed by atoms with Crippen molar-refractivity contribution in [2.45, 2.75) is 36.3 Å². The summed E-state index contributed by atoms with van der Waals surface area (Å²) in [5.74, 6) is -0.0658. The number of para-hydroxylation sites is 1. The fourth-order valence-electron chi connectivity index (χ4n) is 3.28. The summed E-state index contributed by atoms with van der Waals surface area (Å²) in [6.45, 7) is 5.73. The van der Waals surface area contributed by atoms with Gasteiger partial charge in [0.1, 0.15) is 0 Å². The van der Waals surface area contributed by atoms with Crippen LogP contribution < -0.4 is 5.56 Å². The van der Waals surface area contributed by atoms with Gasteiger partial charge in [-0.25, -0.2) is 13.4 Å². The molecule has 0 aliphatic carbocycles. The summed E-state index contributed by atoms with van der Waals surface area (Å²) in [6, 6.07) is 6.78. The predicted octanol–water partition coefficient (Wildman–Crippen LogP) is 1.71. The number of hydrogen-bond acceptors (Lipinski definition) is 6. The lowest BCUT2D eigenvalue weighted by Crippen LogP contribution is -2.42. The van der Waals surface area contributed by atoms with E-state index in [1.54, 1.807) is 38.2 Å². The van der Waals surface area contributed by atoms with Crippen LogP contribution in [0, 0.1) is 0 Å². The van der Waals surface area contributed by atoms with Gasteiger partial charge in [-0.15, -0.1) is 6.58 Å². The fraction of sp³-hybridized carbons (Fsp3) is 0.421. The van der Waals surface area contributed by atoms with Gasteiger partial charge in [-0.05, 0) is 25.5 Å². The standard InChI is InChI=1S/C19H23N3O4S2/c1-4-10-22-18(24)15-7-5-6-8-16(15)20-19(22)27-13(2)17(23)21(3)14-9-11-28(25,26)12-14/h4-8,13-14H,1,9-12H2,2-3H3/t13-,14-/m0/s1. The molecule has 0 N–H and O–H groups in total. The van der Waals surface area contributed by atoms with Crippen LogP contribution in [0.3, 0.4) is 0 Å². The van der Waals surface area contributed by atoms with Gasteiger partial charge in [-0.2, -0.15) is 0 Å². The topological polar surface area (TPSA) is 89.3 Å². The van der Waals surface area contributed by atoms with Crippen LogP contribution in [0.1, 0.15) is 13.3 Å². The van der Waals surface area contributed by atoms with Gasteiger partial charge < -0.3 is 4.90 Å². The molecule has 2 heterocycles. The van der Waals surface area contributed by atoms with Crippen molar-refractivity contribution in [1.82, 2.24) is 14.5 Å². The van der Waals surface area contributed by atoms with Crippen LogP contribution >= 0.6 is 11.8 Å². The van der Waals surface area contributed by atoms with Gasteiger partial charge in [0.15, 0.2) is 15.0 Å². The van der Waals surface area contributed by atoms with E-state index in [1.165, 1.54) is 21.2 Å². The molecule has 3 rings (SSSR count). The maximum atomic E-state index is 12.8. The average molecular weight is 422 g/mol. The molecular formula is C19H23N3O4S2. The number of carbonyl (C=O) groups is 1. The quantitative estimate of drug-likeness (QED) is 0.401. The van der Waals surface area contributed by atoms with E-state index in [0.717, 1.165) is 0 Å². The second-order valence-corrected chi connectivity index (χ2v) is 10.4. The van der Waals surface area contributed by atoms with Crippen molar-refractivity contribution in [2.75, 3.05) is 18.6 Å². The van der Waals surface area contributed by atoms with Crippen LogP contribution in [0.2, 0.25) is 0 Å². The van der Waals surface area contributed by atoms with Crippen molar-refractivity contribution in [2.24, 2.45) is 0 Å². The highest BCUT2D eigenvalue weighted by Crippen LogP contribution is 2.26. The highest BCUT2D eigenvalue weighted by atomic mass is 32.2. The number of benzene rings is 1. The molecule has 2 atom stereocenters. The summed E-state index contributed by atoms with van der Waals surface area (Å²) in [5.41, 5.74) is 0.396. The summed E-state index contributed by atoms with van der Waals surface area (Å²) in [7, 11) is -1.44. The molecule has 1 aliphatic heterocycles. The van der Waals surface area contributed by atoms with E-state index in [0.29, 0.717) is 22.5 Å². The van der Waals surface area contributed by atoms with Gasteiger partial charge in [-0.3, -0.25) is 14.2 Å². The van der Waals surface area contributed by atoms with E-state index < -0.39 is 15.1 Å². The van der Waals surface area contributed by atoms with Crippen LogP contribution in [0.5, 0.6) is 0 Å². The molecule has 9 heteroatoms. The number of rotatable bonds is 6. The van der Waals surface area contributed by atoms with Crippen LogP contribution in [0.4, 0.5) is 0 Å². The van der Waals surface area contributed by atoms with E-state index in [-0.39, 0.29) is 35.6 Å². The highest BCUT2D eigenvalue weighted by Gasteiger charge is 2.34. The van der Waals surface area contributed by atoms with Crippen molar-refractivity contribution in [3.8, 4) is 0 Å². The molecule has 0 bridgehead atoms. The van der Waals surface area contributed by atoms with Gasteiger partial charge in [0, 0.05) is 19.6 Å². The minimum absolute atomic E-state index is 0.00201. The molecule has 1 saturated heterocycles. The highest BCUT2D eigenvalue weighted by molar-refractivity contribution is 8.00. The lowest BCUT2D eigenvalue weighted by Gasteiger charge is -2.26. The normalized spacial score (nSPS) is 19.4. The first-order valence-corrected chi connectivity index (χ1v) is 11.7. The Morgan fingerprint density at radius 3 is 2.82 bits per heavy atom. The maximum absolute atomic E-state index is 12.8. The lowest BCUT2D eigenvalue weighted by molar-refractivity contribution is -0.130. The molecule has 2 aromatic rings. The first kappa shape index (κ1) is 20.6. The van der Waals surface area contributed by atoms with Gasteiger partial charge in [0.05, 0.1) is 27.7 Å². The summed E-state index contributed by atoms with van der Waals surface area (Å²) >= 11 is 1.20. The zero-order chi connectivity index (χ0) is 20.5. The molecule has 0 radical (unpaired) electrons. The van der Waals surface area contributed by atoms with Crippen LogP contribution in [0.15, 0.2) is 46.9 Å². The van der Waals surface area contributed by atoms with E-state index in [9.17, 15) is 18.0 Å². The number of carbonyl (C=O) groups excluding carboxylic acids is 1. The molecule has 0 saturated carbocycles. The molecule has 28 heavy (non-hydrogen) atoms. The molecule has 1 aromatic heterocycles. The zero-order valence-corrected chi connectivity index (χ0v) is 17.5. The second-order valence-electron chi connectivity index (χ2n) is 6.88. The summed E-state index contributed by atoms with van der Waals surface area (Å²) in [5, 5.41) is 0.440. The molecular weight excluding hydrogens is 398 g/mol. The first-order chi connectivity index (χ1) is 13.2. The minimum Gasteiger partial charge on any atom is -0.341 e. The SMILES string of the molecule is C=CCn1c(S[C@@H](C)C(=O)N(C)[C@H]2CCS(=O)(=O)C2)nc2ccccc2c1=O. The fourth-order valence-corrected chi connectivity index (χ4v) is 6.08. The predicted molar refractivity (Wildman–Crippen MR) is 111 cm³/mol. The average Bonchev–Trinajstić information content (AvgIpc) is 3.03. The van der Waals surface area contributed by atoms with E-state index in [2.05, 4.69) is 11.6 Å². The summed E-state index contributed by atoms with van der Waals surface area (Å²) in [4.78, 5) is 31.7. The van der Waals surface area contributed by atoms with E-state index in [1.807, 2.05) is 6.07 Å². The van der Waals surface area contributed by atoms with Gasteiger partial charge in [0.25, 0.3) is 5.56 Å². The third kappa shape index (κ3) is 4.15. The molecule has 150 valence electrons. The number of hydrogen-bond donors (Lipinski definition) is 0. The van der Waals surface area contributed by atoms with Crippen molar-refractivity contribution in [1.29, 1.82) is 0 Å². The second kappa shape index (κ2) is 8.08. The first-order valence-electron chi connectivity index (χ1n) is 8.97. The number of fused-ring (bicyclic) bond motifs is 1. The summed E-state index contributed by atoms with van der Waals surface area (Å²) in [6.07, 6.45) is 2.07. The Bertz CT molecular complexity index is 1080. The van der Waals surface area contributed by atoms with E-state index >= 15 is 0 Å². The number of sulfone groups is 1. The lowest BCUT2D eigenvalue weighted by atomic mass is 10.2. The Morgan fingerprint density at radius 2 is 2.18 bits per heavy atom. The Morgan fingerprint density at radius 1 is 1.46 bits per heavy atom. The van der Waals surface area contributed by atoms with Gasteiger partial charge in [0.2, 0.25) is 5.91 Å². The van der Waals surface area contributed by atoms with Crippen LogP contribution in [-0.4, -0.2) is 58.6 Å². The Labute approximate surface area is 168 Å². The third-order valence-electron chi connectivity index (χ3n) is 4.87. The Hall–Kier alpha value is -2.13. The monoisotopic (exact) mass is 421 g/mol. The number of aromatic nitrogens is 2. The Kier molecular flexibility index (Phi) is 5.95. The van der Waals surface area contributed by atoms with Crippen molar-refractivity contribution in [3.63, 3.8) is 0 Å². The number of thioether (sulfide) groups is 1. The molecule has 1 amide bonds. The van der Waals surface area contributed by atoms with Crippen molar-refractivity contribution in [3.05, 3.63) is 47.3 Å². The Balaban J connectivity index is 1.86. The van der Waals surface area contributed by atoms with Crippen molar-refractivity contribution < 1.29 is 13.2 Å². The molecule has 0 unspecified atom stereocenters. The molecule has 1 fully saturated rings. The van der Waals surface area contributed by atoms with E-state index in [4.69, 9.17) is 0 Å². The minimum atomic E-state index is -3.07. The van der Waals surface area contributed by atoms with Gasteiger partial charge in [-0.1, -0.05) is 30.0 Å². The number of nitrogens with zero attached hydrogens (tertiary/aromatic N) is 3. The van der Waals surface area contributed by atoms with Gasteiger partial charge >= 0.3 is 0 Å². The molecule has 1 aromatic carbocycles. The van der Waals surface area contributed by atoms with Crippen molar-refractivity contribution >= 4 is 38.4 Å². The van der Waals surface area contributed by atoms with Crippen LogP contribution in [0.25, 0.3) is 10.9 Å². The largest absolute Gasteiger partial charge is 0.341 e. The smallest absolute Gasteiger partial charge is 0.262 e. The maximum Gasteiger partial charge on any atom is 0.262 e. The third-order valence-corrected chi connectivity index (χ3v) is 7.70. The zero-order valence-electron chi connectivity index (χ0n) is 15.9. The molecule has 1 aliphatic rings. The number of allylic oxidation sites excluding steroid dienone is 1. The molecule has 0 spiro atoms. The summed E-state index contributed by atoms with van der Waals surface area (Å²) < 4.78 is 24.9. The number of amides is 1. The molecule has 7 nitrogen and oxygen atoms in total. The van der Waals surface area contributed by atoms with Crippen LogP contribution in [-0.2, 0) is 21.2 Å².